The van der Waals surface area contributed by atoms with Crippen LogP contribution >= 0.6 is 0 Å². The zero-order chi connectivity index (χ0) is 14.2. The predicted octanol–water partition coefficient (Wildman–Crippen LogP) is 3.01. The number of hydrogen-bond donors (Lipinski definition) is 0. The average Bonchev–Trinajstić information content (AvgIpc) is 2.92. The first-order chi connectivity index (χ1) is 9.63. The molecular weight excluding hydrogens is 256 g/mol. The van der Waals surface area contributed by atoms with Crippen molar-refractivity contribution < 1.29 is 19.0 Å². The molecule has 1 aromatic carbocycles. The van der Waals surface area contributed by atoms with Gasteiger partial charge in [0.05, 0.1) is 7.11 Å². The van der Waals surface area contributed by atoms with Crippen molar-refractivity contribution in [2.75, 3.05) is 7.11 Å². The molecule has 0 bridgehead atoms. The maximum Gasteiger partial charge on any atom is 0.341 e. The molecule has 3 rings (SSSR count). The summed E-state index contributed by atoms with van der Waals surface area (Å²) in [7, 11) is 1.63. The smallest absolute Gasteiger partial charge is 0.341 e. The van der Waals surface area contributed by atoms with Gasteiger partial charge in [-0.05, 0) is 50.3 Å². The molecule has 2 unspecified atom stereocenters. The summed E-state index contributed by atoms with van der Waals surface area (Å²) in [5, 5.41) is 0. The van der Waals surface area contributed by atoms with Gasteiger partial charge in [-0.1, -0.05) is 12.1 Å². The first kappa shape index (κ1) is 13.4. The maximum absolute atomic E-state index is 12.2. The third kappa shape index (κ3) is 2.40. The topological polar surface area (TPSA) is 48.1 Å². The summed E-state index contributed by atoms with van der Waals surface area (Å²) in [6.45, 7) is 1.80. The van der Waals surface area contributed by atoms with Crippen molar-refractivity contribution in [3.8, 4) is 5.75 Å². The molecule has 1 saturated carbocycles. The van der Waals surface area contributed by atoms with Crippen molar-refractivity contribution in [2.24, 2.45) is 0 Å². The molecule has 0 amide bonds. The van der Waals surface area contributed by atoms with Crippen LogP contribution in [0.15, 0.2) is 24.3 Å². The molecule has 20 heavy (non-hydrogen) atoms. The molecule has 0 N–H and O–H groups in total. The highest BCUT2D eigenvalue weighted by molar-refractivity contribution is 5.83. The Morgan fingerprint density at radius 1 is 1.25 bits per heavy atom. The van der Waals surface area contributed by atoms with E-state index in [1.165, 1.54) is 0 Å². The summed E-state index contributed by atoms with van der Waals surface area (Å²) in [5.74, 6) is 0.565. The fraction of sp³-hybridized carbons (Fsp3) is 0.562. The van der Waals surface area contributed by atoms with Crippen LogP contribution in [0.25, 0.3) is 0 Å². The van der Waals surface area contributed by atoms with Gasteiger partial charge in [0.25, 0.3) is 0 Å². The van der Waals surface area contributed by atoms with Crippen LogP contribution in [-0.4, -0.2) is 24.8 Å². The Labute approximate surface area is 119 Å². The Balaban J connectivity index is 1.64. The monoisotopic (exact) mass is 276 g/mol. The van der Waals surface area contributed by atoms with Gasteiger partial charge in [-0.2, -0.15) is 0 Å². The van der Waals surface area contributed by atoms with E-state index in [0.717, 1.165) is 37.0 Å². The fourth-order valence-corrected chi connectivity index (χ4v) is 2.81. The standard InChI is InChI=1S/C16H20O4/c1-16(15(17)19-13-5-3-4-6-13)14(20-16)11-7-9-12(18-2)10-8-11/h7-10,13-14H,3-6H2,1-2H3. The fourth-order valence-electron chi connectivity index (χ4n) is 2.81. The molecule has 0 radical (unpaired) electrons. The predicted molar refractivity (Wildman–Crippen MR) is 73.6 cm³/mol. The van der Waals surface area contributed by atoms with Crippen LogP contribution in [-0.2, 0) is 14.3 Å². The highest BCUT2D eigenvalue weighted by atomic mass is 16.7. The molecule has 0 spiro atoms. The third-order valence-corrected chi connectivity index (χ3v) is 4.21. The van der Waals surface area contributed by atoms with Crippen LogP contribution in [0.4, 0.5) is 0 Å². The summed E-state index contributed by atoms with van der Waals surface area (Å²) < 4.78 is 16.3. The van der Waals surface area contributed by atoms with Crippen LogP contribution in [0.3, 0.4) is 0 Å². The van der Waals surface area contributed by atoms with E-state index >= 15 is 0 Å². The van der Waals surface area contributed by atoms with Crippen molar-refractivity contribution in [1.29, 1.82) is 0 Å². The van der Waals surface area contributed by atoms with E-state index in [4.69, 9.17) is 14.2 Å². The molecule has 4 nitrogen and oxygen atoms in total. The van der Waals surface area contributed by atoms with E-state index in [2.05, 4.69) is 0 Å². The zero-order valence-corrected chi connectivity index (χ0v) is 11.9. The van der Waals surface area contributed by atoms with Crippen LogP contribution in [0.2, 0.25) is 0 Å². The highest BCUT2D eigenvalue weighted by Gasteiger charge is 2.61. The van der Waals surface area contributed by atoms with Gasteiger partial charge in [-0.25, -0.2) is 4.79 Å². The van der Waals surface area contributed by atoms with Crippen LogP contribution in [0.5, 0.6) is 5.75 Å². The van der Waals surface area contributed by atoms with Crippen LogP contribution in [0.1, 0.15) is 44.3 Å². The minimum atomic E-state index is -0.822. The lowest BCUT2D eigenvalue weighted by molar-refractivity contribution is -0.154. The number of epoxide rings is 1. The van der Waals surface area contributed by atoms with E-state index in [1.807, 2.05) is 24.3 Å². The van der Waals surface area contributed by atoms with Gasteiger partial charge in [-0.3, -0.25) is 0 Å². The largest absolute Gasteiger partial charge is 0.497 e. The average molecular weight is 276 g/mol. The molecule has 1 aliphatic carbocycles. The number of rotatable bonds is 4. The SMILES string of the molecule is COc1ccc(C2OC2(C)C(=O)OC2CCCC2)cc1. The molecule has 108 valence electrons. The van der Waals surface area contributed by atoms with Crippen molar-refractivity contribution in [2.45, 2.75) is 50.4 Å². The summed E-state index contributed by atoms with van der Waals surface area (Å²) in [6.07, 6.45) is 4.14. The molecule has 1 heterocycles. The van der Waals surface area contributed by atoms with Crippen LogP contribution < -0.4 is 4.74 Å². The van der Waals surface area contributed by atoms with E-state index in [1.54, 1.807) is 14.0 Å². The van der Waals surface area contributed by atoms with Gasteiger partial charge in [-0.15, -0.1) is 0 Å². The first-order valence-electron chi connectivity index (χ1n) is 7.16. The van der Waals surface area contributed by atoms with E-state index in [9.17, 15) is 4.79 Å². The van der Waals surface area contributed by atoms with Crippen molar-refractivity contribution in [3.05, 3.63) is 29.8 Å². The first-order valence-corrected chi connectivity index (χ1v) is 7.16. The molecule has 2 aliphatic rings. The van der Waals surface area contributed by atoms with Gasteiger partial charge in [0.2, 0.25) is 0 Å². The van der Waals surface area contributed by atoms with E-state index in [0.29, 0.717) is 0 Å². The van der Waals surface area contributed by atoms with E-state index < -0.39 is 5.60 Å². The Kier molecular flexibility index (Phi) is 3.42. The molecule has 1 aliphatic heterocycles. The van der Waals surface area contributed by atoms with Gasteiger partial charge in [0, 0.05) is 0 Å². The Hall–Kier alpha value is -1.55. The van der Waals surface area contributed by atoms with Crippen LogP contribution in [0, 0.1) is 0 Å². The minimum absolute atomic E-state index is 0.0834. The van der Waals surface area contributed by atoms with Gasteiger partial charge in [0.1, 0.15) is 18.0 Å². The number of hydrogen-bond acceptors (Lipinski definition) is 4. The molecule has 0 aromatic heterocycles. The van der Waals surface area contributed by atoms with Gasteiger partial charge >= 0.3 is 5.97 Å². The molecule has 2 atom stereocenters. The molecule has 4 heteroatoms. The summed E-state index contributed by atoms with van der Waals surface area (Å²) in [4.78, 5) is 12.2. The Bertz CT molecular complexity index is 490. The lowest BCUT2D eigenvalue weighted by Crippen LogP contribution is -2.28. The molecule has 1 saturated heterocycles. The second-order valence-corrected chi connectivity index (χ2v) is 5.69. The third-order valence-electron chi connectivity index (χ3n) is 4.21. The number of ether oxygens (including phenoxy) is 3. The minimum Gasteiger partial charge on any atom is -0.497 e. The Morgan fingerprint density at radius 2 is 1.90 bits per heavy atom. The Morgan fingerprint density at radius 3 is 2.50 bits per heavy atom. The lowest BCUT2D eigenvalue weighted by atomic mass is 10.0. The number of carbonyl (C=O) groups excluding carboxylic acids is 1. The number of methoxy groups -OCH3 is 1. The quantitative estimate of drug-likeness (QED) is 0.626. The molecule has 1 aromatic rings. The second kappa shape index (κ2) is 5.09. The summed E-state index contributed by atoms with van der Waals surface area (Å²) >= 11 is 0. The molecular formula is C16H20O4. The normalized spacial score (nSPS) is 29.2. The van der Waals surface area contributed by atoms with Gasteiger partial charge < -0.3 is 14.2 Å². The van der Waals surface area contributed by atoms with Gasteiger partial charge in [0.15, 0.2) is 5.60 Å². The maximum atomic E-state index is 12.2. The summed E-state index contributed by atoms with van der Waals surface area (Å²) in [6, 6.07) is 7.61. The van der Waals surface area contributed by atoms with E-state index in [-0.39, 0.29) is 18.2 Å². The second-order valence-electron chi connectivity index (χ2n) is 5.69. The number of carbonyl (C=O) groups is 1. The number of benzene rings is 1. The number of esters is 1. The summed E-state index contributed by atoms with van der Waals surface area (Å²) in [5.41, 5.74) is 0.161. The lowest BCUT2D eigenvalue weighted by Gasteiger charge is -2.13. The van der Waals surface area contributed by atoms with Crippen molar-refractivity contribution >= 4 is 5.97 Å². The molecule has 2 fully saturated rings. The van der Waals surface area contributed by atoms with Crippen molar-refractivity contribution in [3.63, 3.8) is 0 Å². The highest BCUT2D eigenvalue weighted by Crippen LogP contribution is 2.50. The van der Waals surface area contributed by atoms with Crippen molar-refractivity contribution in [1.82, 2.24) is 0 Å². The zero-order valence-electron chi connectivity index (χ0n) is 11.9.